The molecule has 1 aliphatic heterocycles. The van der Waals surface area contributed by atoms with Crippen molar-refractivity contribution >= 4 is 24.4 Å². The Hall–Kier alpha value is -3.85. The summed E-state index contributed by atoms with van der Waals surface area (Å²) in [5, 5.41) is 26.9. The van der Waals surface area contributed by atoms with Crippen molar-refractivity contribution in [2.75, 3.05) is 20.8 Å². The Morgan fingerprint density at radius 2 is 2.03 bits per heavy atom. The highest BCUT2D eigenvalue weighted by Crippen LogP contribution is 2.38. The molecule has 2 atom stereocenters. The maximum Gasteiger partial charge on any atom is 0.335 e. The van der Waals surface area contributed by atoms with Gasteiger partial charge < -0.3 is 30.4 Å². The molecule has 1 aromatic heterocycles. The quantitative estimate of drug-likeness (QED) is 0.265. The number of benzene rings is 1. The number of hydrogen-bond acceptors (Lipinski definition) is 7. The number of nitrogens with zero attached hydrogens (tertiary/aromatic N) is 3. The van der Waals surface area contributed by atoms with Crippen molar-refractivity contribution < 1.29 is 29.3 Å². The molecule has 1 aliphatic rings. The van der Waals surface area contributed by atoms with Crippen LogP contribution in [0.25, 0.3) is 0 Å². The van der Waals surface area contributed by atoms with Crippen LogP contribution in [0.2, 0.25) is 0 Å². The Morgan fingerprint density at radius 3 is 2.42 bits per heavy atom. The summed E-state index contributed by atoms with van der Waals surface area (Å²) in [6, 6.07) is 14.8. The fourth-order valence-electron chi connectivity index (χ4n) is 2.93. The number of nitrogens with one attached hydrogen (secondary N) is 1. The number of carbonyl (C=O) groups is 2. The first-order chi connectivity index (χ1) is 17.1. The lowest BCUT2D eigenvalue weighted by Gasteiger charge is -2.20. The predicted molar refractivity (Wildman–Crippen MR) is 135 cm³/mol. The van der Waals surface area contributed by atoms with Gasteiger partial charge in [-0.25, -0.2) is 9.79 Å². The van der Waals surface area contributed by atoms with Crippen LogP contribution >= 0.6 is 0 Å². The lowest BCUT2D eigenvalue weighted by Crippen LogP contribution is -2.33. The normalized spacial score (nSPS) is 19.4. The molecule has 11 heteroatoms. The largest absolute Gasteiger partial charge is 0.479 e. The van der Waals surface area contributed by atoms with E-state index >= 15 is 0 Å². The molecule has 0 radical (unpaired) electrons. The number of rotatable bonds is 6. The van der Waals surface area contributed by atoms with Gasteiger partial charge in [-0.05, 0) is 38.8 Å². The number of H-pyrrole nitrogens is 1. The number of methoxy groups -OCH3 is 1. The van der Waals surface area contributed by atoms with Gasteiger partial charge in [0.2, 0.25) is 0 Å². The standard InChI is InChI=1S/C13H17N5O2.C7H6O.C5H10O3/c1-16-12(17-8-15)10-2-3-11(18-10)13(7-14)5-4-9(6-19)20-13;8-6-7-4-2-1-3-5-7;1-5(2,8-3)4(6)7/h2-3,8-9,18-19H,4-6H2,1H3,(H2,15,16,17);1-6H;1-3H3,(H,6,7). The summed E-state index contributed by atoms with van der Waals surface area (Å²) in [5.41, 5.74) is 5.21. The SMILES string of the molecule is CN=C(N=CN)c1ccc(C2(C#N)CCC(CO)O2)[nH]1.COC(C)(C)C(=O)O.O=Cc1ccccc1. The van der Waals surface area contributed by atoms with Gasteiger partial charge in [-0.2, -0.15) is 5.26 Å². The van der Waals surface area contributed by atoms with E-state index in [1.54, 1.807) is 31.3 Å². The lowest BCUT2D eigenvalue weighted by atomic mass is 9.98. The molecule has 2 aromatic rings. The number of aliphatic carboxylic acids is 1. The number of nitriles is 1. The number of carbonyl (C=O) groups excluding carboxylic acids is 1. The molecule has 1 saturated heterocycles. The highest BCUT2D eigenvalue weighted by molar-refractivity contribution is 6.01. The Morgan fingerprint density at radius 1 is 1.36 bits per heavy atom. The molecule has 1 aromatic carbocycles. The van der Waals surface area contributed by atoms with Gasteiger partial charge in [-0.3, -0.25) is 9.79 Å². The van der Waals surface area contributed by atoms with E-state index in [2.05, 4.69) is 25.8 Å². The smallest absolute Gasteiger partial charge is 0.335 e. The van der Waals surface area contributed by atoms with Crippen molar-refractivity contribution in [1.29, 1.82) is 5.26 Å². The molecule has 0 saturated carbocycles. The maximum atomic E-state index is 10.1. The zero-order chi connectivity index (χ0) is 27.2. The second kappa shape index (κ2) is 14.5. The molecule has 36 heavy (non-hydrogen) atoms. The van der Waals surface area contributed by atoms with Crippen molar-refractivity contribution in [3.05, 3.63) is 59.4 Å². The van der Waals surface area contributed by atoms with Crippen molar-refractivity contribution in [3.63, 3.8) is 0 Å². The van der Waals surface area contributed by atoms with Crippen molar-refractivity contribution in [2.24, 2.45) is 15.7 Å². The second-order valence-corrected chi connectivity index (χ2v) is 8.06. The topological polar surface area (TPSA) is 183 Å². The van der Waals surface area contributed by atoms with Gasteiger partial charge in [0, 0.05) is 19.7 Å². The predicted octanol–water partition coefficient (Wildman–Crippen LogP) is 2.26. The first-order valence-electron chi connectivity index (χ1n) is 11.0. The van der Waals surface area contributed by atoms with Crippen LogP contribution < -0.4 is 5.73 Å². The molecule has 0 spiro atoms. The van der Waals surface area contributed by atoms with E-state index < -0.39 is 17.2 Å². The van der Waals surface area contributed by atoms with Crippen LogP contribution in [-0.4, -0.2) is 72.1 Å². The minimum Gasteiger partial charge on any atom is -0.479 e. The highest BCUT2D eigenvalue weighted by atomic mass is 16.5. The number of aldehydes is 1. The van der Waals surface area contributed by atoms with E-state index in [1.165, 1.54) is 21.0 Å². The molecule has 2 heterocycles. The van der Waals surface area contributed by atoms with Crippen LogP contribution in [0.1, 0.15) is 48.4 Å². The molecule has 3 rings (SSSR count). The molecule has 5 N–H and O–H groups in total. The first-order valence-corrected chi connectivity index (χ1v) is 11.0. The van der Waals surface area contributed by atoms with Crippen LogP contribution in [0.3, 0.4) is 0 Å². The second-order valence-electron chi connectivity index (χ2n) is 8.06. The minimum absolute atomic E-state index is 0.0872. The van der Waals surface area contributed by atoms with Crippen LogP contribution in [-0.2, 0) is 19.9 Å². The van der Waals surface area contributed by atoms with Gasteiger partial charge in [0.25, 0.3) is 0 Å². The summed E-state index contributed by atoms with van der Waals surface area (Å²) in [6.45, 7) is 2.90. The third kappa shape index (κ3) is 8.42. The van der Waals surface area contributed by atoms with E-state index in [9.17, 15) is 14.9 Å². The fraction of sp³-hybridized carbons (Fsp3) is 0.400. The van der Waals surface area contributed by atoms with Crippen molar-refractivity contribution in [2.45, 2.75) is 44.0 Å². The molecule has 11 nitrogen and oxygen atoms in total. The number of carboxylic acid groups (broad SMARTS) is 1. The Kier molecular flexibility index (Phi) is 12.2. The summed E-state index contributed by atoms with van der Waals surface area (Å²) in [6.07, 6.45) is 2.88. The first kappa shape index (κ1) is 30.2. The van der Waals surface area contributed by atoms with Gasteiger partial charge >= 0.3 is 5.97 Å². The van der Waals surface area contributed by atoms with E-state index in [-0.39, 0.29) is 12.7 Å². The van der Waals surface area contributed by atoms with Crippen LogP contribution in [0.15, 0.2) is 52.4 Å². The van der Waals surface area contributed by atoms with Crippen LogP contribution in [0, 0.1) is 11.3 Å². The van der Waals surface area contributed by atoms with E-state index in [0.717, 1.165) is 18.2 Å². The summed E-state index contributed by atoms with van der Waals surface area (Å²) in [4.78, 5) is 31.2. The van der Waals surface area contributed by atoms with Crippen LogP contribution in [0.5, 0.6) is 0 Å². The number of aliphatic hydroxyl groups excluding tert-OH is 1. The van der Waals surface area contributed by atoms with Gasteiger partial charge in [0.1, 0.15) is 12.4 Å². The lowest BCUT2D eigenvalue weighted by molar-refractivity contribution is -0.157. The minimum atomic E-state index is -1.04. The molecule has 1 fully saturated rings. The third-order valence-corrected chi connectivity index (χ3v) is 5.30. The molecular formula is C25H33N5O6. The number of ether oxygens (including phenoxy) is 2. The summed E-state index contributed by atoms with van der Waals surface area (Å²) in [5.74, 6) is -0.497. The van der Waals surface area contributed by atoms with Gasteiger partial charge in [-0.15, -0.1) is 0 Å². The molecule has 194 valence electrons. The number of hydrogen-bond donors (Lipinski definition) is 4. The summed E-state index contributed by atoms with van der Waals surface area (Å²) >= 11 is 0. The Labute approximate surface area is 210 Å². The zero-order valence-electron chi connectivity index (χ0n) is 20.8. The zero-order valence-corrected chi connectivity index (χ0v) is 20.8. The Bertz CT molecular complexity index is 1070. The summed E-state index contributed by atoms with van der Waals surface area (Å²) in [7, 11) is 2.98. The van der Waals surface area contributed by atoms with E-state index in [4.69, 9.17) is 20.7 Å². The van der Waals surface area contributed by atoms with Gasteiger partial charge in [0.15, 0.2) is 17.0 Å². The fourth-order valence-corrected chi connectivity index (χ4v) is 2.93. The van der Waals surface area contributed by atoms with E-state index in [0.29, 0.717) is 30.1 Å². The molecule has 2 unspecified atom stereocenters. The summed E-state index contributed by atoms with van der Waals surface area (Å²) < 4.78 is 10.3. The highest BCUT2D eigenvalue weighted by Gasteiger charge is 2.43. The Balaban J connectivity index is 0.000000333. The number of aliphatic imine (C=N–C) groups is 2. The van der Waals surface area contributed by atoms with Crippen LogP contribution in [0.4, 0.5) is 0 Å². The monoisotopic (exact) mass is 499 g/mol. The van der Waals surface area contributed by atoms with Gasteiger partial charge in [-0.1, -0.05) is 30.3 Å². The molecular weight excluding hydrogens is 466 g/mol. The number of aromatic nitrogens is 1. The molecule has 0 amide bonds. The number of nitrogens with two attached hydrogens (primary N) is 1. The third-order valence-electron chi connectivity index (χ3n) is 5.30. The number of aromatic amines is 1. The average molecular weight is 500 g/mol. The van der Waals surface area contributed by atoms with Crippen molar-refractivity contribution in [3.8, 4) is 6.07 Å². The molecule has 0 aliphatic carbocycles. The van der Waals surface area contributed by atoms with Gasteiger partial charge in [0.05, 0.1) is 30.4 Å². The maximum absolute atomic E-state index is 10.1. The number of amidine groups is 1. The average Bonchev–Trinajstić information content (AvgIpc) is 3.57. The molecule has 0 bridgehead atoms. The number of carboxylic acids is 1. The number of aliphatic hydroxyl groups is 1. The van der Waals surface area contributed by atoms with E-state index in [1.807, 2.05) is 18.2 Å². The van der Waals surface area contributed by atoms with Crippen molar-refractivity contribution in [1.82, 2.24) is 4.98 Å².